The molecule has 1 aromatic heterocycles. The molecule has 2 amide bonds. The van der Waals surface area contributed by atoms with Gasteiger partial charge in [0.2, 0.25) is 0 Å². The van der Waals surface area contributed by atoms with Gasteiger partial charge in [0.15, 0.2) is 5.82 Å². The number of hydrogen-bond donors (Lipinski definition) is 4. The van der Waals surface area contributed by atoms with Crippen molar-refractivity contribution >= 4 is 18.0 Å². The van der Waals surface area contributed by atoms with Crippen molar-refractivity contribution in [1.82, 2.24) is 31.3 Å². The van der Waals surface area contributed by atoms with Crippen LogP contribution in [0.5, 0.6) is 0 Å². The maximum atomic E-state index is 11.6. The van der Waals surface area contributed by atoms with Crippen LogP contribution in [-0.4, -0.2) is 56.9 Å². The zero-order valence-corrected chi connectivity index (χ0v) is 10.8. The minimum Gasteiger partial charge on any atom is -0.480 e. The molecular formula is C9H14N6O5. The minimum absolute atomic E-state index is 0.236. The summed E-state index contributed by atoms with van der Waals surface area (Å²) in [5, 5.41) is 26.3. The maximum absolute atomic E-state index is 11.6. The van der Waals surface area contributed by atoms with Crippen molar-refractivity contribution in [1.29, 1.82) is 0 Å². The number of ether oxygens (including phenoxy) is 1. The van der Waals surface area contributed by atoms with E-state index < -0.39 is 36.5 Å². The van der Waals surface area contributed by atoms with E-state index in [0.717, 1.165) is 7.11 Å². The number of esters is 1. The van der Waals surface area contributed by atoms with Gasteiger partial charge in [-0.25, -0.2) is 9.59 Å². The number of amides is 2. The van der Waals surface area contributed by atoms with Crippen LogP contribution in [0.4, 0.5) is 4.79 Å². The quantitative estimate of drug-likeness (QED) is 0.463. The number of carbonyl (C=O) groups is 3. The van der Waals surface area contributed by atoms with Crippen LogP contribution in [-0.2, 0) is 14.3 Å². The number of carboxylic acid groups (broad SMARTS) is 1. The summed E-state index contributed by atoms with van der Waals surface area (Å²) in [4.78, 5) is 33.5. The molecule has 110 valence electrons. The Bertz CT molecular complexity index is 475. The first kappa shape index (κ1) is 15.3. The molecule has 0 saturated heterocycles. The molecule has 1 heterocycles. The normalized spacial score (nSPS) is 13.1. The van der Waals surface area contributed by atoms with Crippen molar-refractivity contribution in [3.8, 4) is 0 Å². The number of aromatic amines is 1. The molecule has 2 atom stereocenters. The van der Waals surface area contributed by atoms with Crippen LogP contribution in [0.15, 0.2) is 0 Å². The number of methoxy groups -OCH3 is 1. The van der Waals surface area contributed by atoms with Gasteiger partial charge in [0.1, 0.15) is 6.04 Å². The monoisotopic (exact) mass is 286 g/mol. The fraction of sp³-hybridized carbons (Fsp3) is 0.556. The summed E-state index contributed by atoms with van der Waals surface area (Å²) in [5.74, 6) is -1.86. The SMILES string of the molecule is COC(=O)C[C@H](NC(=O)NC(C)c1nn[nH]n1)C(=O)O. The molecule has 0 aliphatic rings. The summed E-state index contributed by atoms with van der Waals surface area (Å²) in [7, 11) is 1.12. The standard InChI is InChI=1S/C9H14N6O5/c1-4(7-12-14-15-13-7)10-9(19)11-5(8(17)18)3-6(16)20-2/h4-5H,3H2,1-2H3,(H,17,18)(H2,10,11,19)(H,12,13,14,15)/t4?,5-/m0/s1. The summed E-state index contributed by atoms with van der Waals surface area (Å²) in [6.45, 7) is 1.58. The highest BCUT2D eigenvalue weighted by molar-refractivity contribution is 5.86. The van der Waals surface area contributed by atoms with E-state index >= 15 is 0 Å². The molecule has 20 heavy (non-hydrogen) atoms. The number of carbonyl (C=O) groups excluding carboxylic acids is 2. The van der Waals surface area contributed by atoms with Crippen molar-refractivity contribution in [3.05, 3.63) is 5.82 Å². The molecule has 1 unspecified atom stereocenters. The molecule has 0 saturated carbocycles. The fourth-order valence-corrected chi connectivity index (χ4v) is 1.26. The van der Waals surface area contributed by atoms with Crippen LogP contribution in [0, 0.1) is 0 Å². The first-order chi connectivity index (χ1) is 9.43. The summed E-state index contributed by atoms with van der Waals surface area (Å²) in [5.41, 5.74) is 0. The minimum atomic E-state index is -1.39. The van der Waals surface area contributed by atoms with Gasteiger partial charge in [-0.15, -0.1) is 10.2 Å². The summed E-state index contributed by atoms with van der Waals surface area (Å²) >= 11 is 0. The molecule has 11 nitrogen and oxygen atoms in total. The Labute approximate surface area is 113 Å². The number of rotatable bonds is 6. The molecule has 4 N–H and O–H groups in total. The summed E-state index contributed by atoms with van der Waals surface area (Å²) in [6.07, 6.45) is -0.476. The van der Waals surface area contributed by atoms with Gasteiger partial charge in [-0.2, -0.15) is 5.21 Å². The molecule has 0 aromatic carbocycles. The van der Waals surface area contributed by atoms with Crippen LogP contribution in [0.3, 0.4) is 0 Å². The Morgan fingerprint density at radius 2 is 2.10 bits per heavy atom. The number of H-pyrrole nitrogens is 1. The van der Waals surface area contributed by atoms with E-state index in [4.69, 9.17) is 5.11 Å². The zero-order valence-electron chi connectivity index (χ0n) is 10.8. The maximum Gasteiger partial charge on any atom is 0.326 e. The van der Waals surface area contributed by atoms with E-state index in [-0.39, 0.29) is 5.82 Å². The molecule has 0 aliphatic carbocycles. The number of nitrogens with zero attached hydrogens (tertiary/aromatic N) is 3. The Kier molecular flexibility index (Phi) is 5.38. The number of tetrazole rings is 1. The van der Waals surface area contributed by atoms with Gasteiger partial charge in [-0.1, -0.05) is 5.21 Å². The highest BCUT2D eigenvalue weighted by atomic mass is 16.5. The van der Waals surface area contributed by atoms with Gasteiger partial charge in [-0.3, -0.25) is 4.79 Å². The van der Waals surface area contributed by atoms with Crippen molar-refractivity contribution in [3.63, 3.8) is 0 Å². The van der Waals surface area contributed by atoms with Crippen LogP contribution >= 0.6 is 0 Å². The highest BCUT2D eigenvalue weighted by Gasteiger charge is 2.24. The second-order valence-electron chi connectivity index (χ2n) is 3.78. The van der Waals surface area contributed by atoms with Gasteiger partial charge in [0.05, 0.1) is 19.6 Å². The third-order valence-electron chi connectivity index (χ3n) is 2.30. The van der Waals surface area contributed by atoms with Crippen molar-refractivity contribution in [2.24, 2.45) is 0 Å². The molecule has 11 heteroatoms. The number of hydrogen-bond acceptors (Lipinski definition) is 7. The molecule has 0 spiro atoms. The second kappa shape index (κ2) is 7.01. The first-order valence-corrected chi connectivity index (χ1v) is 5.54. The summed E-state index contributed by atoms with van der Waals surface area (Å²) in [6, 6.07) is -2.75. The lowest BCUT2D eigenvalue weighted by atomic mass is 10.2. The lowest BCUT2D eigenvalue weighted by molar-refractivity contribution is -0.147. The number of urea groups is 1. The van der Waals surface area contributed by atoms with E-state index in [1.807, 2.05) is 0 Å². The van der Waals surface area contributed by atoms with E-state index in [0.29, 0.717) is 0 Å². The second-order valence-corrected chi connectivity index (χ2v) is 3.78. The van der Waals surface area contributed by atoms with Gasteiger partial charge >= 0.3 is 18.0 Å². The third-order valence-corrected chi connectivity index (χ3v) is 2.30. The van der Waals surface area contributed by atoms with E-state index in [2.05, 4.69) is 36.0 Å². The van der Waals surface area contributed by atoms with Gasteiger partial charge < -0.3 is 20.5 Å². The fourth-order valence-electron chi connectivity index (χ4n) is 1.26. The van der Waals surface area contributed by atoms with Crippen LogP contribution in [0.2, 0.25) is 0 Å². The Hall–Kier alpha value is -2.72. The first-order valence-electron chi connectivity index (χ1n) is 5.54. The van der Waals surface area contributed by atoms with Crippen molar-refractivity contribution in [2.75, 3.05) is 7.11 Å². The molecule has 1 aromatic rings. The Balaban J connectivity index is 2.53. The summed E-state index contributed by atoms with van der Waals surface area (Å²) < 4.78 is 4.35. The number of aromatic nitrogens is 4. The molecular weight excluding hydrogens is 272 g/mol. The average molecular weight is 286 g/mol. The number of carboxylic acids is 1. The van der Waals surface area contributed by atoms with E-state index in [1.54, 1.807) is 6.92 Å². The Morgan fingerprint density at radius 1 is 1.40 bits per heavy atom. The molecule has 0 fully saturated rings. The highest BCUT2D eigenvalue weighted by Crippen LogP contribution is 2.03. The number of nitrogens with one attached hydrogen (secondary N) is 3. The lowest BCUT2D eigenvalue weighted by Gasteiger charge is -2.16. The molecule has 1 rings (SSSR count). The van der Waals surface area contributed by atoms with Gasteiger partial charge in [-0.05, 0) is 6.92 Å². The van der Waals surface area contributed by atoms with Crippen molar-refractivity contribution in [2.45, 2.75) is 25.4 Å². The Morgan fingerprint density at radius 3 is 2.60 bits per heavy atom. The topological polar surface area (TPSA) is 159 Å². The van der Waals surface area contributed by atoms with Crippen LogP contribution < -0.4 is 10.6 Å². The largest absolute Gasteiger partial charge is 0.480 e. The average Bonchev–Trinajstić information content (AvgIpc) is 2.91. The predicted octanol–water partition coefficient (Wildman–Crippen LogP) is -1.42. The number of aliphatic carboxylic acids is 1. The van der Waals surface area contributed by atoms with Gasteiger partial charge in [0.25, 0.3) is 0 Å². The molecule has 0 bridgehead atoms. The smallest absolute Gasteiger partial charge is 0.326 e. The lowest BCUT2D eigenvalue weighted by Crippen LogP contribution is -2.47. The van der Waals surface area contributed by atoms with E-state index in [1.165, 1.54) is 0 Å². The van der Waals surface area contributed by atoms with Crippen molar-refractivity contribution < 1.29 is 24.2 Å². The zero-order chi connectivity index (χ0) is 15.1. The van der Waals surface area contributed by atoms with Crippen LogP contribution in [0.25, 0.3) is 0 Å². The van der Waals surface area contributed by atoms with E-state index in [9.17, 15) is 14.4 Å². The van der Waals surface area contributed by atoms with Gasteiger partial charge in [0, 0.05) is 0 Å². The van der Waals surface area contributed by atoms with Crippen LogP contribution in [0.1, 0.15) is 25.2 Å². The molecule has 0 radical (unpaired) electrons. The third kappa shape index (κ3) is 4.51. The predicted molar refractivity (Wildman–Crippen MR) is 62.3 cm³/mol. The molecule has 0 aliphatic heterocycles.